The molecule has 1 unspecified atom stereocenters. The van der Waals surface area contributed by atoms with Gasteiger partial charge in [-0.2, -0.15) is 0 Å². The van der Waals surface area contributed by atoms with Gasteiger partial charge in [-0.3, -0.25) is 18.8 Å². The van der Waals surface area contributed by atoms with Crippen LogP contribution >= 0.6 is 11.3 Å². The van der Waals surface area contributed by atoms with E-state index in [0.29, 0.717) is 18.5 Å². The summed E-state index contributed by atoms with van der Waals surface area (Å²) in [6.07, 6.45) is 2.58. The second-order valence-corrected chi connectivity index (χ2v) is 16.3. The first-order valence-corrected chi connectivity index (χ1v) is 17.9. The number of hydrogen-bond acceptors (Lipinski definition) is 8. The average Bonchev–Trinajstić information content (AvgIpc) is 3.65. The molecule has 1 aliphatic heterocycles. The molecule has 0 bridgehead atoms. The third-order valence-corrected chi connectivity index (χ3v) is 10.5. The lowest BCUT2D eigenvalue weighted by Crippen LogP contribution is -2.55. The molecule has 2 aromatic carbocycles. The summed E-state index contributed by atoms with van der Waals surface area (Å²) in [6, 6.07) is 9.32. The van der Waals surface area contributed by atoms with Crippen LogP contribution in [-0.2, 0) is 26.0 Å². The summed E-state index contributed by atoms with van der Waals surface area (Å²) in [5, 5.41) is 17.3. The lowest BCUT2D eigenvalue weighted by atomic mass is 9.86. The van der Waals surface area contributed by atoms with Crippen molar-refractivity contribution in [2.75, 3.05) is 37.0 Å². The molecule has 0 aliphatic carbocycles. The first-order valence-electron chi connectivity index (χ1n) is 15.6. The van der Waals surface area contributed by atoms with Crippen LogP contribution in [0.1, 0.15) is 59.9 Å². The number of carbonyl (C=O) groups is 2. The number of sulfonamides is 1. The number of nitrogens with zero attached hydrogens (tertiary/aromatic N) is 3. The average molecular weight is 658 g/mol. The quantitative estimate of drug-likeness (QED) is 0.241. The molecule has 2 atom stereocenters. The minimum atomic E-state index is -3.99. The number of aromatic nitrogens is 1. The number of nitrogens with one attached hydrogen (secondary N) is 2. The number of para-hydroxylation sites is 1. The number of benzene rings is 2. The van der Waals surface area contributed by atoms with E-state index in [9.17, 15) is 23.1 Å². The molecular formula is C33H47N5O5S2. The molecule has 3 N–H and O–H groups in total. The fraction of sp³-hybridized carbons (Fsp3) is 0.545. The number of fused-ring (bicyclic) bond motifs is 1. The number of hydrogen-bond donors (Lipinski definition) is 3. The summed E-state index contributed by atoms with van der Waals surface area (Å²) < 4.78 is 29.9. The Morgan fingerprint density at radius 3 is 2.49 bits per heavy atom. The van der Waals surface area contributed by atoms with Gasteiger partial charge in [-0.25, -0.2) is 13.4 Å². The van der Waals surface area contributed by atoms with E-state index in [-0.39, 0.29) is 53.1 Å². The second-order valence-electron chi connectivity index (χ2n) is 13.6. The minimum absolute atomic E-state index is 0.00397. The van der Waals surface area contributed by atoms with Crippen molar-refractivity contribution in [2.45, 2.75) is 71.7 Å². The summed E-state index contributed by atoms with van der Waals surface area (Å²) in [6.45, 7) is 14.2. The third kappa shape index (κ3) is 8.74. The summed E-state index contributed by atoms with van der Waals surface area (Å²) >= 11 is 1.37. The zero-order chi connectivity index (χ0) is 32.9. The topological polar surface area (TPSA) is 132 Å². The zero-order valence-electron chi connectivity index (χ0n) is 27.2. The van der Waals surface area contributed by atoms with E-state index in [1.807, 2.05) is 41.5 Å². The maximum Gasteiger partial charge on any atom is 0.264 e. The molecule has 0 radical (unpaired) electrons. The molecule has 10 nitrogen and oxygen atoms in total. The van der Waals surface area contributed by atoms with Crippen molar-refractivity contribution in [3.05, 3.63) is 47.5 Å². The highest BCUT2D eigenvalue weighted by atomic mass is 32.2. The number of phenols is 1. The van der Waals surface area contributed by atoms with Gasteiger partial charge in [0.25, 0.3) is 10.0 Å². The number of carbonyl (C=O) groups excluding carboxylic acids is 2. The van der Waals surface area contributed by atoms with Gasteiger partial charge < -0.3 is 15.7 Å². The standard InChI is InChI=1S/C33H47N5O5S2/c1-22(2)19-38(45(42,43)25-12-13-26-28(17-25)44-21-35-26)27-11-9-10-24(30(27)40)16-23(3)18-34-32(41)31(33(4,5)6)36-29(39)20-37-14-7-8-15-37/h9-13,17,21-23,31,40H,7-8,14-16,18-20H2,1-6H3,(H,34,41)(H,36,39)/t23?,31-/m0/s1. The van der Waals surface area contributed by atoms with Gasteiger partial charge in [0, 0.05) is 13.1 Å². The summed E-state index contributed by atoms with van der Waals surface area (Å²) in [5.74, 6) is -0.597. The van der Waals surface area contributed by atoms with E-state index in [1.165, 1.54) is 15.6 Å². The van der Waals surface area contributed by atoms with Gasteiger partial charge in [0.1, 0.15) is 11.8 Å². The van der Waals surface area contributed by atoms with E-state index in [4.69, 9.17) is 0 Å². The lowest BCUT2D eigenvalue weighted by Gasteiger charge is -2.31. The molecule has 1 fully saturated rings. The molecule has 0 saturated carbocycles. The van der Waals surface area contributed by atoms with E-state index in [2.05, 4.69) is 20.5 Å². The first-order chi connectivity index (χ1) is 21.2. The molecule has 246 valence electrons. The van der Waals surface area contributed by atoms with E-state index >= 15 is 0 Å². The maximum absolute atomic E-state index is 13.9. The van der Waals surface area contributed by atoms with Gasteiger partial charge in [-0.05, 0) is 79.4 Å². The van der Waals surface area contributed by atoms with Gasteiger partial charge in [-0.1, -0.05) is 53.7 Å². The van der Waals surface area contributed by atoms with Crippen LogP contribution in [0.25, 0.3) is 10.2 Å². The number of phenolic OH excluding ortho intramolecular Hbond substituents is 1. The van der Waals surface area contributed by atoms with Crippen LogP contribution in [0.3, 0.4) is 0 Å². The number of rotatable bonds is 13. The second kappa shape index (κ2) is 14.5. The van der Waals surface area contributed by atoms with Crippen molar-refractivity contribution >= 4 is 49.1 Å². The van der Waals surface area contributed by atoms with E-state index in [1.54, 1.807) is 41.9 Å². The van der Waals surface area contributed by atoms with Crippen LogP contribution < -0.4 is 14.9 Å². The number of likely N-dealkylation sites (tertiary alicyclic amines) is 1. The Balaban J connectivity index is 1.46. The largest absolute Gasteiger partial charge is 0.505 e. The lowest BCUT2D eigenvalue weighted by molar-refractivity contribution is -0.132. The molecule has 3 aromatic rings. The van der Waals surface area contributed by atoms with E-state index in [0.717, 1.165) is 36.1 Å². The van der Waals surface area contributed by atoms with Crippen molar-refractivity contribution in [3.63, 3.8) is 0 Å². The fourth-order valence-corrected chi connectivity index (χ4v) is 8.03. The third-order valence-electron chi connectivity index (χ3n) is 7.98. The number of amides is 2. The maximum atomic E-state index is 13.9. The van der Waals surface area contributed by atoms with Gasteiger partial charge >= 0.3 is 0 Å². The Kier molecular flexibility index (Phi) is 11.1. The van der Waals surface area contributed by atoms with Crippen LogP contribution in [0.2, 0.25) is 0 Å². The van der Waals surface area contributed by atoms with Gasteiger partial charge in [0.05, 0.1) is 32.9 Å². The Morgan fingerprint density at radius 2 is 1.82 bits per heavy atom. The predicted octanol–water partition coefficient (Wildman–Crippen LogP) is 4.77. The zero-order valence-corrected chi connectivity index (χ0v) is 28.8. The normalized spacial score (nSPS) is 15.7. The Labute approximate surface area is 271 Å². The van der Waals surface area contributed by atoms with Crippen LogP contribution in [0.4, 0.5) is 5.69 Å². The summed E-state index contributed by atoms with van der Waals surface area (Å²) in [5.41, 5.74) is 2.73. The summed E-state index contributed by atoms with van der Waals surface area (Å²) in [4.78, 5) is 32.5. The predicted molar refractivity (Wildman–Crippen MR) is 180 cm³/mol. The molecule has 1 aromatic heterocycles. The van der Waals surface area contributed by atoms with Crippen LogP contribution in [0.15, 0.2) is 46.8 Å². The molecule has 2 amide bonds. The van der Waals surface area contributed by atoms with Crippen molar-refractivity contribution < 1.29 is 23.1 Å². The molecule has 1 aliphatic rings. The Hall–Kier alpha value is -3.22. The Bertz CT molecular complexity index is 1590. The number of thiazole rings is 1. The smallest absolute Gasteiger partial charge is 0.264 e. The van der Waals surface area contributed by atoms with Gasteiger partial charge in [0.2, 0.25) is 11.8 Å². The van der Waals surface area contributed by atoms with Gasteiger partial charge in [0.15, 0.2) is 0 Å². The number of anilines is 1. The molecule has 12 heteroatoms. The monoisotopic (exact) mass is 657 g/mol. The highest BCUT2D eigenvalue weighted by Gasteiger charge is 2.34. The highest BCUT2D eigenvalue weighted by molar-refractivity contribution is 7.92. The van der Waals surface area contributed by atoms with E-state index < -0.39 is 21.5 Å². The van der Waals surface area contributed by atoms with Gasteiger partial charge in [-0.15, -0.1) is 11.3 Å². The SMILES string of the molecule is CC(C)CN(c1cccc(CC(C)CNC(=O)[C@H](NC(=O)CN2CCCC2)C(C)(C)C)c1O)S(=O)(=O)c1ccc2ncsc2c1. The molecule has 1 saturated heterocycles. The molecule has 0 spiro atoms. The Morgan fingerprint density at radius 1 is 1.11 bits per heavy atom. The summed E-state index contributed by atoms with van der Waals surface area (Å²) in [7, 11) is -3.99. The molecule has 4 rings (SSSR count). The highest BCUT2D eigenvalue weighted by Crippen LogP contribution is 2.37. The fourth-order valence-electron chi connectivity index (χ4n) is 5.57. The molecule has 2 heterocycles. The van der Waals surface area contributed by atoms with Crippen LogP contribution in [0.5, 0.6) is 5.75 Å². The van der Waals surface area contributed by atoms with Crippen molar-refractivity contribution in [3.8, 4) is 5.75 Å². The van der Waals surface area contributed by atoms with Crippen LogP contribution in [0, 0.1) is 17.3 Å². The van der Waals surface area contributed by atoms with Crippen molar-refractivity contribution in [2.24, 2.45) is 17.3 Å². The van der Waals surface area contributed by atoms with Crippen molar-refractivity contribution in [1.29, 1.82) is 0 Å². The first kappa shape index (κ1) is 34.6. The molecule has 45 heavy (non-hydrogen) atoms. The molecular weight excluding hydrogens is 611 g/mol. The van der Waals surface area contributed by atoms with Crippen molar-refractivity contribution in [1.82, 2.24) is 20.5 Å². The minimum Gasteiger partial charge on any atom is -0.505 e. The van der Waals surface area contributed by atoms with Crippen LogP contribution in [-0.4, -0.2) is 74.0 Å². The number of aromatic hydroxyl groups is 1.